The fourth-order valence-electron chi connectivity index (χ4n) is 2.52. The molecule has 1 aromatic rings. The van der Waals surface area contributed by atoms with Crippen molar-refractivity contribution in [1.29, 1.82) is 0 Å². The zero-order chi connectivity index (χ0) is 15.3. The molecule has 0 aliphatic carbocycles. The van der Waals surface area contributed by atoms with Crippen LogP contribution in [0.3, 0.4) is 0 Å². The lowest BCUT2D eigenvalue weighted by Gasteiger charge is -2.42. The number of ether oxygens (including phenoxy) is 1. The van der Waals surface area contributed by atoms with Crippen LogP contribution < -0.4 is 10.6 Å². The van der Waals surface area contributed by atoms with E-state index in [4.69, 9.17) is 16.3 Å². The number of benzene rings is 1. The van der Waals surface area contributed by atoms with Gasteiger partial charge in [0.15, 0.2) is 0 Å². The second kappa shape index (κ2) is 7.11. The third kappa shape index (κ3) is 4.33. The van der Waals surface area contributed by atoms with E-state index in [0.29, 0.717) is 17.3 Å². The molecule has 1 saturated heterocycles. The average molecular weight is 312 g/mol. The summed E-state index contributed by atoms with van der Waals surface area (Å²) in [7, 11) is 4.09. The van der Waals surface area contributed by atoms with Gasteiger partial charge in [-0.25, -0.2) is 4.79 Å². The molecule has 1 heterocycles. The molecule has 21 heavy (non-hydrogen) atoms. The molecule has 0 atom stereocenters. The lowest BCUT2D eigenvalue weighted by Crippen LogP contribution is -2.56. The number of urea groups is 1. The molecular formula is C15H22ClN3O2. The van der Waals surface area contributed by atoms with Crippen LogP contribution >= 0.6 is 11.6 Å². The fourth-order valence-corrected chi connectivity index (χ4v) is 2.71. The monoisotopic (exact) mass is 311 g/mol. The van der Waals surface area contributed by atoms with Crippen LogP contribution in [0.1, 0.15) is 12.8 Å². The van der Waals surface area contributed by atoms with Crippen molar-refractivity contribution in [3.8, 4) is 0 Å². The van der Waals surface area contributed by atoms with Crippen LogP contribution in [0.25, 0.3) is 0 Å². The minimum atomic E-state index is -0.218. The number of likely N-dealkylation sites (N-methyl/N-ethyl adjacent to an activating group) is 1. The summed E-state index contributed by atoms with van der Waals surface area (Å²) >= 11 is 5.90. The molecule has 0 bridgehead atoms. The normalized spacial score (nSPS) is 17.5. The minimum Gasteiger partial charge on any atom is -0.381 e. The van der Waals surface area contributed by atoms with Crippen molar-refractivity contribution in [2.45, 2.75) is 18.4 Å². The lowest BCUT2D eigenvalue weighted by molar-refractivity contribution is -0.00553. The highest BCUT2D eigenvalue weighted by molar-refractivity contribution is 6.30. The van der Waals surface area contributed by atoms with Crippen molar-refractivity contribution >= 4 is 23.3 Å². The Hall–Kier alpha value is -1.30. The summed E-state index contributed by atoms with van der Waals surface area (Å²) in [5, 5.41) is 6.35. The number of nitrogens with zero attached hydrogens (tertiary/aromatic N) is 1. The van der Waals surface area contributed by atoms with Crippen molar-refractivity contribution < 1.29 is 9.53 Å². The number of rotatable bonds is 4. The maximum absolute atomic E-state index is 12.0. The highest BCUT2D eigenvalue weighted by Crippen LogP contribution is 2.25. The first-order valence-corrected chi connectivity index (χ1v) is 7.45. The Morgan fingerprint density at radius 2 is 2.10 bits per heavy atom. The third-order valence-corrected chi connectivity index (χ3v) is 4.27. The molecule has 1 aromatic carbocycles. The molecule has 5 nitrogen and oxygen atoms in total. The van der Waals surface area contributed by atoms with Crippen LogP contribution in [0.2, 0.25) is 5.02 Å². The molecule has 1 aliphatic rings. The smallest absolute Gasteiger partial charge is 0.319 e. The Bertz CT molecular complexity index is 488. The topological polar surface area (TPSA) is 53.6 Å². The highest BCUT2D eigenvalue weighted by Gasteiger charge is 2.35. The molecule has 0 aromatic heterocycles. The van der Waals surface area contributed by atoms with Gasteiger partial charge in [0.05, 0.1) is 0 Å². The van der Waals surface area contributed by atoms with Gasteiger partial charge >= 0.3 is 6.03 Å². The number of amides is 2. The van der Waals surface area contributed by atoms with Gasteiger partial charge < -0.3 is 20.3 Å². The molecule has 2 rings (SSSR count). The summed E-state index contributed by atoms with van der Waals surface area (Å²) in [5.74, 6) is 0. The zero-order valence-electron chi connectivity index (χ0n) is 12.5. The highest BCUT2D eigenvalue weighted by atomic mass is 35.5. The molecule has 2 N–H and O–H groups in total. The van der Waals surface area contributed by atoms with Crippen molar-refractivity contribution in [3.05, 3.63) is 29.3 Å². The number of nitrogens with one attached hydrogen (secondary N) is 2. The van der Waals surface area contributed by atoms with Gasteiger partial charge in [0.25, 0.3) is 0 Å². The van der Waals surface area contributed by atoms with E-state index in [1.54, 1.807) is 18.2 Å². The molecule has 6 heteroatoms. The summed E-state index contributed by atoms with van der Waals surface area (Å²) in [6.45, 7) is 2.06. The van der Waals surface area contributed by atoms with Gasteiger partial charge in [-0.3, -0.25) is 0 Å². The zero-order valence-corrected chi connectivity index (χ0v) is 13.2. The van der Waals surface area contributed by atoms with Crippen LogP contribution in [0.15, 0.2) is 24.3 Å². The van der Waals surface area contributed by atoms with Crippen molar-refractivity contribution in [1.82, 2.24) is 10.2 Å². The number of hydrogen-bond acceptors (Lipinski definition) is 3. The van der Waals surface area contributed by atoms with E-state index in [0.717, 1.165) is 26.1 Å². The van der Waals surface area contributed by atoms with Crippen LogP contribution in [-0.4, -0.2) is 50.3 Å². The summed E-state index contributed by atoms with van der Waals surface area (Å²) in [6.07, 6.45) is 1.83. The summed E-state index contributed by atoms with van der Waals surface area (Å²) in [6, 6.07) is 6.88. The molecule has 1 aliphatic heterocycles. The SMILES string of the molecule is CN(C)C1(CNC(=O)Nc2cccc(Cl)c2)CCOCC1. The number of carbonyl (C=O) groups is 1. The first kappa shape index (κ1) is 16.1. The molecule has 116 valence electrons. The predicted octanol–water partition coefficient (Wildman–Crippen LogP) is 2.57. The van der Waals surface area contributed by atoms with E-state index in [1.807, 2.05) is 20.2 Å². The van der Waals surface area contributed by atoms with Crippen LogP contribution in [-0.2, 0) is 4.74 Å². The molecule has 2 amide bonds. The Morgan fingerprint density at radius 1 is 1.38 bits per heavy atom. The summed E-state index contributed by atoms with van der Waals surface area (Å²) in [5.41, 5.74) is 0.648. The quantitative estimate of drug-likeness (QED) is 0.898. The summed E-state index contributed by atoms with van der Waals surface area (Å²) in [4.78, 5) is 14.2. The van der Waals surface area contributed by atoms with Crippen molar-refractivity contribution in [2.75, 3.05) is 39.2 Å². The predicted molar refractivity (Wildman–Crippen MR) is 84.9 cm³/mol. The van der Waals surface area contributed by atoms with Gasteiger partial charge in [0.1, 0.15) is 0 Å². The summed E-state index contributed by atoms with van der Waals surface area (Å²) < 4.78 is 5.42. The van der Waals surface area contributed by atoms with Gasteiger partial charge in [-0.15, -0.1) is 0 Å². The van der Waals surface area contributed by atoms with E-state index < -0.39 is 0 Å². The van der Waals surface area contributed by atoms with Gasteiger partial charge in [-0.1, -0.05) is 17.7 Å². The fraction of sp³-hybridized carbons (Fsp3) is 0.533. The largest absolute Gasteiger partial charge is 0.381 e. The Morgan fingerprint density at radius 3 is 2.71 bits per heavy atom. The Balaban J connectivity index is 1.90. The van der Waals surface area contributed by atoms with E-state index in [2.05, 4.69) is 15.5 Å². The van der Waals surface area contributed by atoms with E-state index >= 15 is 0 Å². The Labute approximate surface area is 130 Å². The van der Waals surface area contributed by atoms with Gasteiger partial charge in [-0.05, 0) is 45.1 Å². The molecule has 0 radical (unpaired) electrons. The maximum atomic E-state index is 12.0. The van der Waals surface area contributed by atoms with Crippen molar-refractivity contribution in [3.63, 3.8) is 0 Å². The number of carbonyl (C=O) groups excluding carboxylic acids is 1. The molecule has 0 saturated carbocycles. The second-order valence-electron chi connectivity index (χ2n) is 5.55. The third-order valence-electron chi connectivity index (χ3n) is 4.03. The molecule has 0 spiro atoms. The van der Waals surface area contributed by atoms with Crippen LogP contribution in [0, 0.1) is 0 Å². The minimum absolute atomic E-state index is 0.0378. The second-order valence-corrected chi connectivity index (χ2v) is 5.99. The average Bonchev–Trinajstić information content (AvgIpc) is 2.46. The molecule has 0 unspecified atom stereocenters. The molecular weight excluding hydrogens is 290 g/mol. The number of anilines is 1. The maximum Gasteiger partial charge on any atom is 0.319 e. The van der Waals surface area contributed by atoms with Gasteiger partial charge in [-0.2, -0.15) is 0 Å². The van der Waals surface area contributed by atoms with Crippen LogP contribution in [0.5, 0.6) is 0 Å². The van der Waals surface area contributed by atoms with E-state index in [9.17, 15) is 4.79 Å². The first-order chi connectivity index (χ1) is 10.0. The first-order valence-electron chi connectivity index (χ1n) is 7.07. The lowest BCUT2D eigenvalue weighted by atomic mass is 9.88. The van der Waals surface area contributed by atoms with Crippen molar-refractivity contribution in [2.24, 2.45) is 0 Å². The van der Waals surface area contributed by atoms with Crippen LogP contribution in [0.4, 0.5) is 10.5 Å². The molecule has 1 fully saturated rings. The van der Waals surface area contributed by atoms with Gasteiger partial charge in [0.2, 0.25) is 0 Å². The van der Waals surface area contributed by atoms with E-state index in [-0.39, 0.29) is 11.6 Å². The Kier molecular flexibility index (Phi) is 5.45. The standard InChI is InChI=1S/C15H22ClN3O2/c1-19(2)15(6-8-21-9-7-15)11-17-14(20)18-13-5-3-4-12(16)10-13/h3-5,10H,6-9,11H2,1-2H3,(H2,17,18,20). The van der Waals surface area contributed by atoms with Gasteiger partial charge in [0, 0.05) is 36.0 Å². The number of hydrogen-bond donors (Lipinski definition) is 2. The van der Waals surface area contributed by atoms with E-state index in [1.165, 1.54) is 0 Å². The number of halogens is 1.